The van der Waals surface area contributed by atoms with E-state index in [4.69, 9.17) is 9.47 Å². The summed E-state index contributed by atoms with van der Waals surface area (Å²) in [6.45, 7) is 9.38. The lowest BCUT2D eigenvalue weighted by atomic mass is 10.1. The van der Waals surface area contributed by atoms with Crippen molar-refractivity contribution < 1.29 is 19.1 Å². The second-order valence-corrected chi connectivity index (χ2v) is 7.50. The normalized spacial score (nSPS) is 10.4. The van der Waals surface area contributed by atoms with Crippen molar-refractivity contribution in [2.24, 2.45) is 0 Å². The highest BCUT2D eigenvalue weighted by Crippen LogP contribution is 2.26. The molecule has 3 rings (SSSR count). The van der Waals surface area contributed by atoms with Crippen LogP contribution in [0.2, 0.25) is 0 Å². The first kappa shape index (κ1) is 21.9. The van der Waals surface area contributed by atoms with E-state index in [9.17, 15) is 9.59 Å². The van der Waals surface area contributed by atoms with Gasteiger partial charge in [-0.05, 0) is 74.6 Å². The van der Waals surface area contributed by atoms with Crippen LogP contribution in [0, 0.1) is 34.6 Å². The number of amides is 2. The highest BCUT2D eigenvalue weighted by atomic mass is 16.6. The number of nitrogens with one attached hydrogen (secondary N) is 2. The fourth-order valence-corrected chi connectivity index (χ4v) is 3.22. The molecular weight excluding hydrogens is 392 g/mol. The van der Waals surface area contributed by atoms with Crippen LogP contribution in [-0.2, 0) is 0 Å². The Morgan fingerprint density at radius 1 is 0.613 bits per heavy atom. The lowest BCUT2D eigenvalue weighted by molar-refractivity contribution is 0.213. The maximum Gasteiger partial charge on any atom is 0.417 e. The van der Waals surface area contributed by atoms with E-state index in [1.54, 1.807) is 18.2 Å². The van der Waals surface area contributed by atoms with Crippen molar-refractivity contribution in [3.63, 3.8) is 0 Å². The Kier molecular flexibility index (Phi) is 6.60. The second kappa shape index (κ2) is 9.34. The number of aryl methyl sites for hydroxylation is 5. The zero-order chi connectivity index (χ0) is 22.5. The molecule has 3 aromatic carbocycles. The number of hydrogen-bond acceptors (Lipinski definition) is 4. The minimum atomic E-state index is -0.606. The van der Waals surface area contributed by atoms with Gasteiger partial charge in [0.2, 0.25) is 0 Å². The highest BCUT2D eigenvalue weighted by molar-refractivity contribution is 5.91. The smallest absolute Gasteiger partial charge is 0.410 e. The molecule has 0 saturated carbocycles. The van der Waals surface area contributed by atoms with E-state index in [0.717, 1.165) is 27.8 Å². The van der Waals surface area contributed by atoms with Crippen molar-refractivity contribution in [1.82, 2.24) is 0 Å². The van der Waals surface area contributed by atoms with E-state index < -0.39 is 12.2 Å². The summed E-state index contributed by atoms with van der Waals surface area (Å²) in [5.74, 6) is 1.06. The molecule has 0 spiro atoms. The highest BCUT2D eigenvalue weighted by Gasteiger charge is 2.14. The minimum Gasteiger partial charge on any atom is -0.410 e. The molecule has 3 aromatic rings. The molecule has 6 nitrogen and oxygen atoms in total. The maximum absolute atomic E-state index is 12.4. The Labute approximate surface area is 182 Å². The Hall–Kier alpha value is -3.80. The molecule has 160 valence electrons. The molecule has 0 aliphatic carbocycles. The lowest BCUT2D eigenvalue weighted by Gasteiger charge is -2.14. The summed E-state index contributed by atoms with van der Waals surface area (Å²) in [6, 6.07) is 16.5. The fourth-order valence-electron chi connectivity index (χ4n) is 3.22. The largest absolute Gasteiger partial charge is 0.417 e. The standard InChI is InChI=1S/C25H26N2O4/c1-15-12-13-20(26-24(28)30-22-16(2)8-6-9-17(22)3)14-21(15)27-25(29)31-23-18(4)10-7-11-19(23)5/h6-14H,1-5H3,(H,26,28)(H,27,29). The average molecular weight is 418 g/mol. The first-order valence-corrected chi connectivity index (χ1v) is 9.95. The number of carbonyl (C=O) groups is 2. The van der Waals surface area contributed by atoms with E-state index in [0.29, 0.717) is 22.9 Å². The van der Waals surface area contributed by atoms with Gasteiger partial charge in [0.15, 0.2) is 0 Å². The van der Waals surface area contributed by atoms with Crippen LogP contribution in [0.3, 0.4) is 0 Å². The summed E-state index contributed by atoms with van der Waals surface area (Å²) in [4.78, 5) is 24.8. The van der Waals surface area contributed by atoms with Crippen molar-refractivity contribution in [3.05, 3.63) is 82.4 Å². The number of para-hydroxylation sites is 2. The van der Waals surface area contributed by atoms with Gasteiger partial charge in [0.1, 0.15) is 11.5 Å². The van der Waals surface area contributed by atoms with E-state index >= 15 is 0 Å². The molecule has 0 aliphatic heterocycles. The van der Waals surface area contributed by atoms with Crippen molar-refractivity contribution in [3.8, 4) is 11.5 Å². The van der Waals surface area contributed by atoms with E-state index in [1.807, 2.05) is 71.0 Å². The molecule has 0 aromatic heterocycles. The minimum absolute atomic E-state index is 0.490. The van der Waals surface area contributed by atoms with Gasteiger partial charge in [-0.1, -0.05) is 42.5 Å². The molecule has 0 saturated heterocycles. The summed E-state index contributed by atoms with van der Waals surface area (Å²) in [5.41, 5.74) is 5.33. The van der Waals surface area contributed by atoms with Gasteiger partial charge in [0.25, 0.3) is 0 Å². The van der Waals surface area contributed by atoms with E-state index in [1.165, 1.54) is 0 Å². The molecule has 2 amide bonds. The van der Waals surface area contributed by atoms with Gasteiger partial charge >= 0.3 is 12.2 Å². The van der Waals surface area contributed by atoms with Gasteiger partial charge in [-0.3, -0.25) is 10.6 Å². The van der Waals surface area contributed by atoms with Gasteiger partial charge in [-0.25, -0.2) is 9.59 Å². The van der Waals surface area contributed by atoms with Crippen LogP contribution in [-0.4, -0.2) is 12.2 Å². The molecule has 0 heterocycles. The van der Waals surface area contributed by atoms with Gasteiger partial charge in [0, 0.05) is 11.4 Å². The van der Waals surface area contributed by atoms with E-state index in [-0.39, 0.29) is 0 Å². The molecule has 31 heavy (non-hydrogen) atoms. The molecular formula is C25H26N2O4. The quantitative estimate of drug-likeness (QED) is 0.510. The third kappa shape index (κ3) is 5.42. The molecule has 0 radical (unpaired) electrons. The second-order valence-electron chi connectivity index (χ2n) is 7.50. The molecule has 0 unspecified atom stereocenters. The summed E-state index contributed by atoms with van der Waals surface area (Å²) in [7, 11) is 0. The number of rotatable bonds is 4. The third-order valence-corrected chi connectivity index (χ3v) is 4.93. The van der Waals surface area contributed by atoms with Crippen LogP contribution in [0.5, 0.6) is 11.5 Å². The summed E-state index contributed by atoms with van der Waals surface area (Å²) < 4.78 is 11.0. The number of ether oxygens (including phenoxy) is 2. The lowest BCUT2D eigenvalue weighted by Crippen LogP contribution is -2.20. The molecule has 0 aliphatic rings. The van der Waals surface area contributed by atoms with Crippen molar-refractivity contribution in [2.45, 2.75) is 34.6 Å². The SMILES string of the molecule is Cc1ccc(NC(=O)Oc2c(C)cccc2C)cc1NC(=O)Oc1c(C)cccc1C. The van der Waals surface area contributed by atoms with Crippen LogP contribution in [0.25, 0.3) is 0 Å². The van der Waals surface area contributed by atoms with Gasteiger partial charge < -0.3 is 9.47 Å². The maximum atomic E-state index is 12.4. The van der Waals surface area contributed by atoms with Crippen LogP contribution in [0.4, 0.5) is 21.0 Å². The first-order valence-electron chi connectivity index (χ1n) is 9.95. The number of carbonyl (C=O) groups excluding carboxylic acids is 2. The zero-order valence-corrected chi connectivity index (χ0v) is 18.3. The van der Waals surface area contributed by atoms with Crippen LogP contribution in [0.15, 0.2) is 54.6 Å². The fraction of sp³-hybridized carbons (Fsp3) is 0.200. The van der Waals surface area contributed by atoms with Gasteiger partial charge in [0.05, 0.1) is 0 Å². The number of anilines is 2. The first-order chi connectivity index (χ1) is 14.7. The Bertz CT molecular complexity index is 1100. The van der Waals surface area contributed by atoms with Crippen molar-refractivity contribution in [1.29, 1.82) is 0 Å². The van der Waals surface area contributed by atoms with Gasteiger partial charge in [-0.2, -0.15) is 0 Å². The number of benzene rings is 3. The molecule has 0 fully saturated rings. The van der Waals surface area contributed by atoms with Crippen molar-refractivity contribution in [2.75, 3.05) is 10.6 Å². The summed E-state index contributed by atoms with van der Waals surface area (Å²) >= 11 is 0. The third-order valence-electron chi connectivity index (χ3n) is 4.93. The summed E-state index contributed by atoms with van der Waals surface area (Å²) in [6.07, 6.45) is -1.21. The monoisotopic (exact) mass is 418 g/mol. The molecule has 0 bridgehead atoms. The Balaban J connectivity index is 1.70. The van der Waals surface area contributed by atoms with Crippen LogP contribution in [0.1, 0.15) is 27.8 Å². The predicted molar refractivity (Wildman–Crippen MR) is 122 cm³/mol. The Morgan fingerprint density at radius 2 is 1.06 bits per heavy atom. The van der Waals surface area contributed by atoms with Crippen LogP contribution >= 0.6 is 0 Å². The molecule has 0 atom stereocenters. The van der Waals surface area contributed by atoms with E-state index in [2.05, 4.69) is 10.6 Å². The van der Waals surface area contributed by atoms with Crippen LogP contribution < -0.4 is 20.1 Å². The number of hydrogen-bond donors (Lipinski definition) is 2. The molecule has 2 N–H and O–H groups in total. The molecule has 6 heteroatoms. The Morgan fingerprint density at radius 3 is 1.55 bits per heavy atom. The zero-order valence-electron chi connectivity index (χ0n) is 18.3. The van der Waals surface area contributed by atoms with Crippen molar-refractivity contribution >= 4 is 23.6 Å². The topological polar surface area (TPSA) is 76.7 Å². The summed E-state index contributed by atoms with van der Waals surface area (Å²) in [5, 5.41) is 5.44. The van der Waals surface area contributed by atoms with Gasteiger partial charge in [-0.15, -0.1) is 0 Å². The average Bonchev–Trinajstić information content (AvgIpc) is 2.70. The predicted octanol–water partition coefficient (Wildman–Crippen LogP) is 6.45.